The van der Waals surface area contributed by atoms with E-state index in [9.17, 15) is 24.0 Å². The second kappa shape index (κ2) is 14.4. The number of amides is 2. The number of nitrogens with one attached hydrogen (secondary N) is 2. The number of anilines is 2. The van der Waals surface area contributed by atoms with Crippen LogP contribution in [0.4, 0.5) is 11.4 Å². The molecule has 2 heterocycles. The molecule has 0 unspecified atom stereocenters. The van der Waals surface area contributed by atoms with E-state index in [-0.39, 0.29) is 35.7 Å². The van der Waals surface area contributed by atoms with Gasteiger partial charge in [0, 0.05) is 35.6 Å². The molecule has 0 bridgehead atoms. The molecule has 8 nitrogen and oxygen atoms in total. The lowest BCUT2D eigenvalue weighted by Gasteiger charge is -2.04. The highest BCUT2D eigenvalue weighted by molar-refractivity contribution is 6.53. The molecule has 2 N–H and O–H groups in total. The summed E-state index contributed by atoms with van der Waals surface area (Å²) in [7, 11) is 0. The van der Waals surface area contributed by atoms with Gasteiger partial charge in [0.1, 0.15) is 5.76 Å². The van der Waals surface area contributed by atoms with Gasteiger partial charge in [0.15, 0.2) is 5.78 Å². The zero-order chi connectivity index (χ0) is 34.3. The Balaban J connectivity index is 0.000000150. The van der Waals surface area contributed by atoms with Crippen LogP contribution in [0, 0.1) is 0 Å². The molecule has 0 atom stereocenters. The molecule has 0 fully saturated rings. The molecule has 0 radical (unpaired) electrons. The molecular weight excluding hydrogens is 710 g/mol. The van der Waals surface area contributed by atoms with Crippen molar-refractivity contribution in [3.8, 4) is 0 Å². The number of allylic oxidation sites excluding steroid dienone is 2. The third-order valence-corrected chi connectivity index (χ3v) is 9.26. The number of hydrogen-bond acceptors (Lipinski definition) is 6. The predicted molar refractivity (Wildman–Crippen MR) is 193 cm³/mol. The Labute approximate surface area is 301 Å². The molecule has 0 spiro atoms. The van der Waals surface area contributed by atoms with Crippen molar-refractivity contribution in [2.24, 2.45) is 0 Å². The zero-order valence-corrected chi connectivity index (χ0v) is 27.9. The maximum Gasteiger partial charge on any atom is 0.308 e. The van der Waals surface area contributed by atoms with Crippen LogP contribution in [0.5, 0.6) is 0 Å². The van der Waals surface area contributed by atoms with E-state index in [1.54, 1.807) is 18.2 Å². The molecule has 248 valence electrons. The summed E-state index contributed by atoms with van der Waals surface area (Å²) >= 11 is 23.4. The van der Waals surface area contributed by atoms with Crippen molar-refractivity contribution in [3.63, 3.8) is 0 Å². The molecule has 4 aromatic rings. The van der Waals surface area contributed by atoms with Gasteiger partial charge >= 0.3 is 5.97 Å². The largest absolute Gasteiger partial charge is 0.426 e. The number of carbonyl (C=O) groups excluding carboxylic acids is 5. The van der Waals surface area contributed by atoms with Crippen LogP contribution in [-0.4, -0.2) is 29.4 Å². The van der Waals surface area contributed by atoms with Crippen molar-refractivity contribution in [1.82, 2.24) is 0 Å². The van der Waals surface area contributed by atoms with Gasteiger partial charge in [0.2, 0.25) is 0 Å². The minimum Gasteiger partial charge on any atom is -0.426 e. The molecular formula is C37H26Cl4N2O6. The van der Waals surface area contributed by atoms with Gasteiger partial charge in [-0.15, -0.1) is 0 Å². The SMILES string of the molecule is C.CC(=O)OC1=CCc2ccccc21.O=C1Nc2cc(Cl)c(Cl)cc2/C1=C1/Cc2ccccc2C1=O.O=C1Nc2cc(Cl)c(Cl)cc2C1=O. The Bertz CT molecular complexity index is 2170. The molecule has 0 saturated carbocycles. The Morgan fingerprint density at radius 3 is 1.82 bits per heavy atom. The summed E-state index contributed by atoms with van der Waals surface area (Å²) < 4.78 is 5.06. The fraction of sp³-hybridized carbons (Fsp3) is 0.108. The number of rotatable bonds is 1. The quantitative estimate of drug-likeness (QED) is 0.114. The van der Waals surface area contributed by atoms with Gasteiger partial charge in [-0.05, 0) is 47.9 Å². The predicted octanol–water partition coefficient (Wildman–Crippen LogP) is 9.05. The number of halogens is 4. The lowest BCUT2D eigenvalue weighted by Crippen LogP contribution is -2.12. The van der Waals surface area contributed by atoms with E-state index >= 15 is 0 Å². The minimum atomic E-state index is -0.645. The number of carbonyl (C=O) groups is 5. The van der Waals surface area contributed by atoms with Gasteiger partial charge in [-0.2, -0.15) is 0 Å². The maximum absolute atomic E-state index is 12.6. The molecule has 12 heteroatoms. The Hall–Kier alpha value is -4.73. The van der Waals surface area contributed by atoms with Crippen molar-refractivity contribution >= 4 is 98.5 Å². The van der Waals surface area contributed by atoms with Gasteiger partial charge in [0.05, 0.1) is 42.6 Å². The highest BCUT2D eigenvalue weighted by Crippen LogP contribution is 2.42. The highest BCUT2D eigenvalue weighted by Gasteiger charge is 2.35. The topological polar surface area (TPSA) is 119 Å². The van der Waals surface area contributed by atoms with Crippen LogP contribution in [-0.2, 0) is 32.0 Å². The Morgan fingerprint density at radius 1 is 0.653 bits per heavy atom. The van der Waals surface area contributed by atoms with Crippen LogP contribution in [0.1, 0.15) is 57.3 Å². The van der Waals surface area contributed by atoms with E-state index in [1.165, 1.54) is 24.6 Å². The van der Waals surface area contributed by atoms with E-state index < -0.39 is 11.7 Å². The first-order chi connectivity index (χ1) is 22.9. The van der Waals surface area contributed by atoms with Crippen molar-refractivity contribution in [3.05, 3.63) is 138 Å². The zero-order valence-electron chi connectivity index (χ0n) is 24.9. The van der Waals surface area contributed by atoms with E-state index in [2.05, 4.69) is 10.6 Å². The normalized spacial score (nSPS) is 16.0. The summed E-state index contributed by atoms with van der Waals surface area (Å²) in [6.07, 6.45) is 3.25. The van der Waals surface area contributed by atoms with Crippen molar-refractivity contribution in [2.45, 2.75) is 27.2 Å². The van der Waals surface area contributed by atoms with E-state index in [4.69, 9.17) is 51.1 Å². The third kappa shape index (κ3) is 7.05. The molecule has 4 aliphatic rings. The summed E-state index contributed by atoms with van der Waals surface area (Å²) in [6.45, 7) is 1.42. The number of benzene rings is 4. The Kier molecular flexibility index (Phi) is 10.5. The van der Waals surface area contributed by atoms with E-state index in [0.717, 1.165) is 17.5 Å². The number of ether oxygens (including phenoxy) is 1. The lowest BCUT2D eigenvalue weighted by atomic mass is 9.98. The molecule has 49 heavy (non-hydrogen) atoms. The first kappa shape index (κ1) is 35.6. The highest BCUT2D eigenvalue weighted by atomic mass is 35.5. The van der Waals surface area contributed by atoms with Crippen LogP contribution in [0.3, 0.4) is 0 Å². The fourth-order valence-electron chi connectivity index (χ4n) is 5.64. The van der Waals surface area contributed by atoms with Gasteiger partial charge in [-0.25, -0.2) is 0 Å². The van der Waals surface area contributed by atoms with Crippen LogP contribution < -0.4 is 10.6 Å². The minimum absolute atomic E-state index is 0. The summed E-state index contributed by atoms with van der Waals surface area (Å²) in [4.78, 5) is 57.7. The maximum atomic E-state index is 12.6. The molecule has 0 aromatic heterocycles. The summed E-state index contributed by atoms with van der Waals surface area (Å²) in [5.41, 5.74) is 6.69. The standard InChI is InChI=1S/C17H9Cl2NO2.C11H10O2.C8H3Cl2NO2.CH4/c18-12-6-10-14(7-13(12)19)20-17(22)15(10)11-5-8-3-1-2-4-9(8)16(11)21;1-8(12)13-11-7-6-9-4-2-3-5-10(9)11;9-4-1-3-6(2-5(4)10)11-8(13)7(3)12;/h1-4,6-7H,5H2,(H,20,22);2-5,7H,6H2,1H3;1-2H,(H,11,12,13);1H4/b15-11+;;;. The van der Waals surface area contributed by atoms with Crippen LogP contribution in [0.15, 0.2) is 84.4 Å². The average Bonchev–Trinajstić information content (AvgIpc) is 3.77. The van der Waals surface area contributed by atoms with Crippen LogP contribution in [0.25, 0.3) is 11.3 Å². The first-order valence-electron chi connectivity index (χ1n) is 14.4. The van der Waals surface area contributed by atoms with Gasteiger partial charge in [-0.1, -0.05) is 102 Å². The molecule has 2 amide bonds. The number of ketones is 2. The Morgan fingerprint density at radius 2 is 1.18 bits per heavy atom. The second-order valence-electron chi connectivity index (χ2n) is 10.9. The molecule has 8 rings (SSSR count). The van der Waals surface area contributed by atoms with Crippen molar-refractivity contribution in [1.29, 1.82) is 0 Å². The van der Waals surface area contributed by atoms with E-state index in [0.29, 0.717) is 60.9 Å². The fourth-order valence-corrected chi connectivity index (χ4v) is 6.29. The number of hydrogen-bond donors (Lipinski definition) is 2. The number of esters is 1. The van der Waals surface area contributed by atoms with Gasteiger partial charge < -0.3 is 15.4 Å². The molecule has 0 saturated heterocycles. The van der Waals surface area contributed by atoms with Crippen LogP contribution >= 0.6 is 46.4 Å². The molecule has 2 aliphatic heterocycles. The third-order valence-electron chi connectivity index (χ3n) is 7.81. The van der Waals surface area contributed by atoms with Crippen molar-refractivity contribution in [2.75, 3.05) is 10.6 Å². The van der Waals surface area contributed by atoms with Gasteiger partial charge in [0.25, 0.3) is 17.6 Å². The van der Waals surface area contributed by atoms with Crippen LogP contribution in [0.2, 0.25) is 20.1 Å². The second-order valence-corrected chi connectivity index (χ2v) is 12.5. The summed E-state index contributed by atoms with van der Waals surface area (Å²) in [5.74, 6) is -1.17. The number of Topliss-reactive ketones (excluding diaryl/α,β-unsaturated/α-hetero) is 2. The van der Waals surface area contributed by atoms with Crippen molar-refractivity contribution < 1.29 is 28.7 Å². The van der Waals surface area contributed by atoms with E-state index in [1.807, 2.05) is 48.5 Å². The lowest BCUT2D eigenvalue weighted by molar-refractivity contribution is -0.134. The monoisotopic (exact) mass is 734 g/mol. The first-order valence-corrected chi connectivity index (χ1v) is 15.9. The average molecular weight is 736 g/mol. The smallest absolute Gasteiger partial charge is 0.308 e. The van der Waals surface area contributed by atoms with Gasteiger partial charge in [-0.3, -0.25) is 24.0 Å². The summed E-state index contributed by atoms with van der Waals surface area (Å²) in [5, 5.41) is 6.44. The summed E-state index contributed by atoms with van der Waals surface area (Å²) in [6, 6.07) is 21.4. The number of fused-ring (bicyclic) bond motifs is 4. The molecule has 2 aliphatic carbocycles. The molecule has 4 aromatic carbocycles.